The van der Waals surface area contributed by atoms with Crippen LogP contribution in [-0.4, -0.2) is 23.6 Å². The summed E-state index contributed by atoms with van der Waals surface area (Å²) in [6.07, 6.45) is 2.36. The molecule has 0 aliphatic carbocycles. The van der Waals surface area contributed by atoms with Crippen molar-refractivity contribution in [1.82, 2.24) is 9.88 Å². The fraction of sp³-hybridized carbons (Fsp3) is 0.348. The van der Waals surface area contributed by atoms with Crippen molar-refractivity contribution in [2.24, 2.45) is 0 Å². The zero-order valence-corrected chi connectivity index (χ0v) is 16.1. The molecule has 0 bridgehead atoms. The van der Waals surface area contributed by atoms with Crippen LogP contribution < -0.4 is 10.6 Å². The average Bonchev–Trinajstić information content (AvgIpc) is 3.09. The van der Waals surface area contributed by atoms with Gasteiger partial charge in [-0.1, -0.05) is 24.3 Å². The molecule has 4 nitrogen and oxygen atoms in total. The number of carbonyl (C=O) groups is 1. The Morgan fingerprint density at radius 2 is 1.89 bits per heavy atom. The predicted octanol–water partition coefficient (Wildman–Crippen LogP) is 4.69. The van der Waals surface area contributed by atoms with Crippen LogP contribution in [0.25, 0.3) is 10.9 Å². The Morgan fingerprint density at radius 1 is 1.15 bits per heavy atom. The smallest absolute Gasteiger partial charge is 0.272 e. The number of benzene rings is 2. The number of hydrogen-bond donors (Lipinski definition) is 2. The highest BCUT2D eigenvalue weighted by atomic mass is 16.1. The fourth-order valence-electron chi connectivity index (χ4n) is 4.15. The number of fused-ring (bicyclic) bond motifs is 1. The van der Waals surface area contributed by atoms with Crippen LogP contribution in [0.3, 0.4) is 0 Å². The van der Waals surface area contributed by atoms with E-state index in [1.807, 2.05) is 24.3 Å². The van der Waals surface area contributed by atoms with Gasteiger partial charge in [0, 0.05) is 23.1 Å². The molecule has 4 heteroatoms. The number of nitrogens with one attached hydrogen (secondary N) is 2. The second-order valence-corrected chi connectivity index (χ2v) is 7.38. The molecule has 0 spiro atoms. The van der Waals surface area contributed by atoms with E-state index in [-0.39, 0.29) is 5.91 Å². The van der Waals surface area contributed by atoms with Crippen molar-refractivity contribution in [3.05, 3.63) is 65.4 Å². The first-order chi connectivity index (χ1) is 13.2. The molecule has 1 saturated heterocycles. The fourth-order valence-corrected chi connectivity index (χ4v) is 4.15. The minimum atomic E-state index is -0.0536. The summed E-state index contributed by atoms with van der Waals surface area (Å²) >= 11 is 0. The Morgan fingerprint density at radius 3 is 2.59 bits per heavy atom. The number of nitrogens with zero attached hydrogens (tertiary/aromatic N) is 1. The minimum absolute atomic E-state index is 0.0536. The molecule has 0 radical (unpaired) electrons. The molecule has 1 aromatic heterocycles. The van der Waals surface area contributed by atoms with Crippen LogP contribution >= 0.6 is 0 Å². The third-order valence-electron chi connectivity index (χ3n) is 5.69. The molecular weight excluding hydrogens is 334 g/mol. The van der Waals surface area contributed by atoms with Gasteiger partial charge in [-0.25, -0.2) is 0 Å². The minimum Gasteiger partial charge on any atom is -0.337 e. The van der Waals surface area contributed by atoms with E-state index < -0.39 is 0 Å². The predicted molar refractivity (Wildman–Crippen MR) is 112 cm³/mol. The first kappa shape index (κ1) is 17.8. The summed E-state index contributed by atoms with van der Waals surface area (Å²) in [4.78, 5) is 12.9. The summed E-state index contributed by atoms with van der Waals surface area (Å²) in [5.74, 6) is 0.573. The number of carbonyl (C=O) groups excluding carboxylic acids is 1. The molecule has 4 rings (SSSR count). The van der Waals surface area contributed by atoms with Crippen molar-refractivity contribution in [2.75, 3.05) is 18.4 Å². The van der Waals surface area contributed by atoms with Gasteiger partial charge < -0.3 is 15.2 Å². The molecule has 1 fully saturated rings. The van der Waals surface area contributed by atoms with E-state index in [0.29, 0.717) is 11.6 Å². The summed E-state index contributed by atoms with van der Waals surface area (Å²) in [6, 6.07) is 16.6. The molecular formula is C23H27N3O. The van der Waals surface area contributed by atoms with Gasteiger partial charge in [-0.3, -0.25) is 4.79 Å². The second-order valence-electron chi connectivity index (χ2n) is 7.38. The highest BCUT2D eigenvalue weighted by molar-refractivity contribution is 6.06. The van der Waals surface area contributed by atoms with Crippen LogP contribution in [0.4, 0.5) is 5.69 Å². The lowest BCUT2D eigenvalue weighted by atomic mass is 9.90. The molecule has 2 aromatic carbocycles. The van der Waals surface area contributed by atoms with E-state index >= 15 is 0 Å². The van der Waals surface area contributed by atoms with Crippen molar-refractivity contribution in [2.45, 2.75) is 39.2 Å². The maximum Gasteiger partial charge on any atom is 0.272 e. The van der Waals surface area contributed by atoms with Crippen LogP contribution in [0.1, 0.15) is 47.3 Å². The quantitative estimate of drug-likeness (QED) is 0.708. The lowest BCUT2D eigenvalue weighted by Crippen LogP contribution is -2.26. The van der Waals surface area contributed by atoms with Crippen LogP contribution in [0.2, 0.25) is 0 Å². The number of piperidine rings is 1. The van der Waals surface area contributed by atoms with Gasteiger partial charge in [-0.2, -0.15) is 0 Å². The van der Waals surface area contributed by atoms with Crippen molar-refractivity contribution < 1.29 is 4.79 Å². The number of amides is 1. The largest absolute Gasteiger partial charge is 0.337 e. The Labute approximate surface area is 160 Å². The lowest BCUT2D eigenvalue weighted by molar-refractivity contribution is 0.101. The van der Waals surface area contributed by atoms with Gasteiger partial charge in [0.25, 0.3) is 5.91 Å². The summed E-state index contributed by atoms with van der Waals surface area (Å²) < 4.78 is 2.08. The van der Waals surface area contributed by atoms with Gasteiger partial charge in [0.1, 0.15) is 5.69 Å². The van der Waals surface area contributed by atoms with E-state index in [0.717, 1.165) is 36.2 Å². The SMILES string of the molecule is CCn1c(C(=O)Nc2ccc(C3CCNCC3)cc2)cc2c(C)cccc21. The Hall–Kier alpha value is -2.59. The molecule has 0 unspecified atom stereocenters. The van der Waals surface area contributed by atoms with Crippen LogP contribution in [0.5, 0.6) is 0 Å². The van der Waals surface area contributed by atoms with Gasteiger partial charge in [0.2, 0.25) is 0 Å². The zero-order chi connectivity index (χ0) is 18.8. The standard InChI is InChI=1S/C23H27N3O/c1-3-26-21-6-4-5-16(2)20(21)15-22(26)23(27)25-19-9-7-17(8-10-19)18-11-13-24-14-12-18/h4-10,15,18,24H,3,11-14H2,1-2H3,(H,25,27). The molecule has 2 heterocycles. The monoisotopic (exact) mass is 361 g/mol. The highest BCUT2D eigenvalue weighted by Gasteiger charge is 2.17. The molecule has 0 saturated carbocycles. The van der Waals surface area contributed by atoms with E-state index in [1.165, 1.54) is 24.0 Å². The lowest BCUT2D eigenvalue weighted by Gasteiger charge is -2.23. The molecule has 1 aliphatic heterocycles. The normalized spacial score (nSPS) is 15.2. The third-order valence-corrected chi connectivity index (χ3v) is 5.69. The summed E-state index contributed by atoms with van der Waals surface area (Å²) in [7, 11) is 0. The van der Waals surface area contributed by atoms with Crippen LogP contribution in [0, 0.1) is 6.92 Å². The average molecular weight is 361 g/mol. The van der Waals surface area contributed by atoms with Crippen molar-refractivity contribution in [3.63, 3.8) is 0 Å². The number of aromatic nitrogens is 1. The van der Waals surface area contributed by atoms with E-state index in [9.17, 15) is 4.79 Å². The molecule has 1 amide bonds. The van der Waals surface area contributed by atoms with Gasteiger partial charge in [-0.05, 0) is 81.1 Å². The highest BCUT2D eigenvalue weighted by Crippen LogP contribution is 2.27. The van der Waals surface area contributed by atoms with Crippen molar-refractivity contribution >= 4 is 22.5 Å². The number of aryl methyl sites for hydroxylation is 2. The molecule has 2 N–H and O–H groups in total. The number of anilines is 1. The first-order valence-electron chi connectivity index (χ1n) is 9.88. The molecule has 27 heavy (non-hydrogen) atoms. The van der Waals surface area contributed by atoms with E-state index in [1.54, 1.807) is 0 Å². The summed E-state index contributed by atoms with van der Waals surface area (Å²) in [5.41, 5.74) is 5.24. The molecule has 3 aromatic rings. The van der Waals surface area contributed by atoms with Crippen molar-refractivity contribution in [1.29, 1.82) is 0 Å². The summed E-state index contributed by atoms with van der Waals surface area (Å²) in [5, 5.41) is 7.62. The van der Waals surface area contributed by atoms with Gasteiger partial charge in [-0.15, -0.1) is 0 Å². The number of hydrogen-bond acceptors (Lipinski definition) is 2. The summed E-state index contributed by atoms with van der Waals surface area (Å²) in [6.45, 7) is 7.11. The van der Waals surface area contributed by atoms with E-state index in [2.05, 4.69) is 53.3 Å². The molecule has 0 atom stereocenters. The van der Waals surface area contributed by atoms with Crippen LogP contribution in [-0.2, 0) is 6.54 Å². The van der Waals surface area contributed by atoms with Gasteiger partial charge in [0.15, 0.2) is 0 Å². The molecule has 140 valence electrons. The molecule has 1 aliphatic rings. The van der Waals surface area contributed by atoms with Gasteiger partial charge in [0.05, 0.1) is 0 Å². The third kappa shape index (κ3) is 3.50. The maximum atomic E-state index is 12.9. The second kappa shape index (κ2) is 7.57. The number of rotatable bonds is 4. The Bertz CT molecular complexity index is 950. The van der Waals surface area contributed by atoms with Gasteiger partial charge >= 0.3 is 0 Å². The first-order valence-corrected chi connectivity index (χ1v) is 9.88. The van der Waals surface area contributed by atoms with Crippen molar-refractivity contribution in [3.8, 4) is 0 Å². The Balaban J connectivity index is 1.55. The van der Waals surface area contributed by atoms with Crippen LogP contribution in [0.15, 0.2) is 48.5 Å². The maximum absolute atomic E-state index is 12.9. The zero-order valence-electron chi connectivity index (χ0n) is 16.1. The van der Waals surface area contributed by atoms with E-state index in [4.69, 9.17) is 0 Å². The Kier molecular flexibility index (Phi) is 4.99. The topological polar surface area (TPSA) is 46.1 Å².